The first kappa shape index (κ1) is 14.9. The summed E-state index contributed by atoms with van der Waals surface area (Å²) in [6.45, 7) is 1.95. The number of hydrogen-bond acceptors (Lipinski definition) is 4. The van der Waals surface area contributed by atoms with Crippen LogP contribution in [-0.4, -0.2) is 4.92 Å². The Labute approximate surface area is 121 Å². The summed E-state index contributed by atoms with van der Waals surface area (Å²) in [4.78, 5) is 9.79. The summed E-state index contributed by atoms with van der Waals surface area (Å²) in [6, 6.07) is 10.8. The van der Waals surface area contributed by atoms with Crippen molar-refractivity contribution in [3.05, 3.63) is 69.5 Å². The number of benzene rings is 2. The third-order valence-electron chi connectivity index (χ3n) is 3.01. The summed E-state index contributed by atoms with van der Waals surface area (Å²) in [7, 11) is 0. The number of rotatable bonds is 5. The predicted molar refractivity (Wildman–Crippen MR) is 76.4 cm³/mol. The van der Waals surface area contributed by atoms with Crippen molar-refractivity contribution in [1.29, 1.82) is 0 Å². The predicted octanol–water partition coefficient (Wildman–Crippen LogP) is 3.33. The van der Waals surface area contributed by atoms with Gasteiger partial charge in [-0.2, -0.15) is 4.39 Å². The number of nitro groups is 1. The maximum atomic E-state index is 13.5. The molecular formula is C15H15FN2O3. The lowest BCUT2D eigenvalue weighted by Gasteiger charge is -2.13. The zero-order valence-electron chi connectivity index (χ0n) is 11.5. The molecule has 0 aromatic heterocycles. The minimum absolute atomic E-state index is 0.110. The smallest absolute Gasteiger partial charge is 0.304 e. The van der Waals surface area contributed by atoms with Gasteiger partial charge in [-0.3, -0.25) is 10.1 Å². The summed E-state index contributed by atoms with van der Waals surface area (Å²) in [5, 5.41) is 10.6. The lowest BCUT2D eigenvalue weighted by molar-refractivity contribution is -0.387. The van der Waals surface area contributed by atoms with E-state index in [-0.39, 0.29) is 12.6 Å². The highest BCUT2D eigenvalue weighted by atomic mass is 19.1. The highest BCUT2D eigenvalue weighted by Gasteiger charge is 2.14. The number of nitrogens with two attached hydrogens (primary N) is 1. The van der Waals surface area contributed by atoms with Crippen LogP contribution >= 0.6 is 0 Å². The van der Waals surface area contributed by atoms with Crippen LogP contribution in [0.25, 0.3) is 0 Å². The molecule has 2 aromatic carbocycles. The number of nitro benzene ring substituents is 1. The highest BCUT2D eigenvalue weighted by Crippen LogP contribution is 2.25. The number of halogens is 1. The molecule has 0 aliphatic heterocycles. The minimum Gasteiger partial charge on any atom is -0.489 e. The Hall–Kier alpha value is -2.47. The van der Waals surface area contributed by atoms with Crippen LogP contribution < -0.4 is 10.5 Å². The van der Waals surface area contributed by atoms with Gasteiger partial charge in [0.05, 0.1) is 4.92 Å². The third-order valence-corrected chi connectivity index (χ3v) is 3.01. The van der Waals surface area contributed by atoms with Crippen molar-refractivity contribution in [2.75, 3.05) is 0 Å². The molecule has 21 heavy (non-hydrogen) atoms. The van der Waals surface area contributed by atoms with Gasteiger partial charge in [0.2, 0.25) is 5.82 Å². The summed E-state index contributed by atoms with van der Waals surface area (Å²) in [5.41, 5.74) is 6.66. The van der Waals surface area contributed by atoms with E-state index < -0.39 is 16.4 Å². The molecule has 0 heterocycles. The van der Waals surface area contributed by atoms with E-state index in [9.17, 15) is 14.5 Å². The van der Waals surface area contributed by atoms with Crippen molar-refractivity contribution >= 4 is 5.69 Å². The molecule has 0 saturated heterocycles. The normalized spacial score (nSPS) is 12.0. The SMILES string of the molecule is C[C@H](N)c1ccccc1OCc1ccc([N+](=O)[O-])c(F)c1. The van der Waals surface area contributed by atoms with Crippen molar-refractivity contribution in [1.82, 2.24) is 0 Å². The zero-order valence-corrected chi connectivity index (χ0v) is 11.5. The number of para-hydroxylation sites is 1. The Balaban J connectivity index is 2.14. The molecular weight excluding hydrogens is 275 g/mol. The first-order valence-corrected chi connectivity index (χ1v) is 6.39. The topological polar surface area (TPSA) is 78.4 Å². The molecule has 0 fully saturated rings. The van der Waals surface area contributed by atoms with Crippen LogP contribution in [0.15, 0.2) is 42.5 Å². The van der Waals surface area contributed by atoms with Crippen LogP contribution in [0.3, 0.4) is 0 Å². The molecule has 0 aliphatic carbocycles. The quantitative estimate of drug-likeness (QED) is 0.676. The molecule has 0 saturated carbocycles. The fourth-order valence-electron chi connectivity index (χ4n) is 1.94. The molecule has 0 radical (unpaired) electrons. The van der Waals surface area contributed by atoms with Gasteiger partial charge in [-0.05, 0) is 30.7 Å². The molecule has 2 aromatic rings. The lowest BCUT2D eigenvalue weighted by atomic mass is 10.1. The first-order valence-electron chi connectivity index (χ1n) is 6.39. The Kier molecular flexibility index (Phi) is 4.49. The van der Waals surface area contributed by atoms with Gasteiger partial charge in [0.25, 0.3) is 0 Å². The number of hydrogen-bond donors (Lipinski definition) is 1. The molecule has 0 bridgehead atoms. The largest absolute Gasteiger partial charge is 0.489 e. The first-order chi connectivity index (χ1) is 9.99. The van der Waals surface area contributed by atoms with E-state index in [1.54, 1.807) is 6.07 Å². The highest BCUT2D eigenvalue weighted by molar-refractivity contribution is 5.37. The van der Waals surface area contributed by atoms with Crippen LogP contribution in [-0.2, 0) is 6.61 Å². The van der Waals surface area contributed by atoms with Crippen LogP contribution in [0.4, 0.5) is 10.1 Å². The van der Waals surface area contributed by atoms with Crippen molar-refractivity contribution < 1.29 is 14.1 Å². The van der Waals surface area contributed by atoms with Crippen LogP contribution in [0.5, 0.6) is 5.75 Å². The summed E-state index contributed by atoms with van der Waals surface area (Å²) in [6.07, 6.45) is 0. The maximum Gasteiger partial charge on any atom is 0.304 e. The summed E-state index contributed by atoms with van der Waals surface area (Å²) in [5.74, 6) is -0.257. The molecule has 0 spiro atoms. The second-order valence-electron chi connectivity index (χ2n) is 4.66. The number of nitrogens with zero attached hydrogens (tertiary/aromatic N) is 1. The second-order valence-corrected chi connectivity index (χ2v) is 4.66. The Morgan fingerprint density at radius 2 is 2.05 bits per heavy atom. The van der Waals surface area contributed by atoms with Crippen LogP contribution in [0.2, 0.25) is 0 Å². The lowest BCUT2D eigenvalue weighted by Crippen LogP contribution is -2.08. The van der Waals surface area contributed by atoms with Gasteiger partial charge >= 0.3 is 5.69 Å². The van der Waals surface area contributed by atoms with Crippen molar-refractivity contribution in [3.8, 4) is 5.75 Å². The van der Waals surface area contributed by atoms with Crippen molar-refractivity contribution in [2.45, 2.75) is 19.6 Å². The standard InChI is InChI=1S/C15H15FN2O3/c1-10(17)12-4-2-3-5-15(12)21-9-11-6-7-14(18(19)20)13(16)8-11/h2-8,10H,9,17H2,1H3/t10-/m0/s1. The Bertz CT molecular complexity index is 659. The Morgan fingerprint density at radius 1 is 1.33 bits per heavy atom. The monoisotopic (exact) mass is 290 g/mol. The molecule has 110 valence electrons. The van der Waals surface area contributed by atoms with Gasteiger partial charge in [0.15, 0.2) is 0 Å². The van der Waals surface area contributed by atoms with E-state index in [0.717, 1.165) is 17.7 Å². The average Bonchev–Trinajstić information content (AvgIpc) is 2.45. The summed E-state index contributed by atoms with van der Waals surface area (Å²) < 4.78 is 19.1. The molecule has 0 unspecified atom stereocenters. The molecule has 2 N–H and O–H groups in total. The van der Waals surface area contributed by atoms with E-state index in [0.29, 0.717) is 11.3 Å². The molecule has 0 amide bonds. The van der Waals surface area contributed by atoms with Gasteiger partial charge in [-0.1, -0.05) is 18.2 Å². The van der Waals surface area contributed by atoms with E-state index in [4.69, 9.17) is 10.5 Å². The Morgan fingerprint density at radius 3 is 2.67 bits per heavy atom. The van der Waals surface area contributed by atoms with Gasteiger partial charge in [-0.15, -0.1) is 0 Å². The zero-order chi connectivity index (χ0) is 15.4. The fraction of sp³-hybridized carbons (Fsp3) is 0.200. The van der Waals surface area contributed by atoms with Crippen molar-refractivity contribution in [2.24, 2.45) is 5.73 Å². The van der Waals surface area contributed by atoms with Gasteiger partial charge in [0.1, 0.15) is 12.4 Å². The fourth-order valence-corrected chi connectivity index (χ4v) is 1.94. The van der Waals surface area contributed by atoms with Gasteiger partial charge in [-0.25, -0.2) is 0 Å². The van der Waals surface area contributed by atoms with E-state index in [1.165, 1.54) is 6.07 Å². The molecule has 0 aliphatic rings. The maximum absolute atomic E-state index is 13.5. The molecule has 2 rings (SSSR count). The molecule has 5 nitrogen and oxygen atoms in total. The average molecular weight is 290 g/mol. The van der Waals surface area contributed by atoms with Gasteiger partial charge < -0.3 is 10.5 Å². The second kappa shape index (κ2) is 6.32. The van der Waals surface area contributed by atoms with Crippen molar-refractivity contribution in [3.63, 3.8) is 0 Å². The third kappa shape index (κ3) is 3.55. The van der Waals surface area contributed by atoms with E-state index in [2.05, 4.69) is 0 Å². The number of ether oxygens (including phenoxy) is 1. The van der Waals surface area contributed by atoms with Crippen LogP contribution in [0, 0.1) is 15.9 Å². The van der Waals surface area contributed by atoms with E-state index >= 15 is 0 Å². The van der Waals surface area contributed by atoms with Crippen LogP contribution in [0.1, 0.15) is 24.1 Å². The molecule has 6 heteroatoms. The molecule has 1 atom stereocenters. The summed E-state index contributed by atoms with van der Waals surface area (Å²) >= 11 is 0. The van der Waals surface area contributed by atoms with E-state index in [1.807, 2.05) is 25.1 Å². The minimum atomic E-state index is -0.874. The van der Waals surface area contributed by atoms with Gasteiger partial charge in [0, 0.05) is 17.7 Å².